The van der Waals surface area contributed by atoms with E-state index in [4.69, 9.17) is 11.6 Å². The summed E-state index contributed by atoms with van der Waals surface area (Å²) >= 11 is 6.14. The number of halogens is 4. The highest BCUT2D eigenvalue weighted by Crippen LogP contribution is 2.41. The summed E-state index contributed by atoms with van der Waals surface area (Å²) in [4.78, 5) is 7.82. The molecular formula is C17H16ClF3N2O2S. The average Bonchev–Trinajstić information content (AvgIpc) is 2.55. The molecule has 3 rings (SSSR count). The summed E-state index contributed by atoms with van der Waals surface area (Å²) in [5.74, 6) is -3.55. The summed E-state index contributed by atoms with van der Waals surface area (Å²) in [7, 11) is -3.77. The lowest BCUT2D eigenvalue weighted by atomic mass is 9.84. The van der Waals surface area contributed by atoms with E-state index in [2.05, 4.69) is 9.97 Å². The minimum atomic E-state index is -3.77. The fourth-order valence-electron chi connectivity index (χ4n) is 3.28. The second-order valence-corrected chi connectivity index (χ2v) is 8.68. The van der Waals surface area contributed by atoms with Crippen LogP contribution < -0.4 is 0 Å². The molecule has 140 valence electrons. The van der Waals surface area contributed by atoms with Crippen LogP contribution in [0, 0.1) is 17.5 Å². The molecule has 0 spiro atoms. The normalized spacial score (nSPS) is 16.0. The van der Waals surface area contributed by atoms with Crippen molar-refractivity contribution in [1.82, 2.24) is 9.97 Å². The van der Waals surface area contributed by atoms with Crippen LogP contribution in [0.25, 0.3) is 11.1 Å². The van der Waals surface area contributed by atoms with Crippen LogP contribution in [0.15, 0.2) is 17.3 Å². The quantitative estimate of drug-likeness (QED) is 0.551. The monoisotopic (exact) mass is 404 g/mol. The van der Waals surface area contributed by atoms with Gasteiger partial charge in [-0.25, -0.2) is 31.6 Å². The van der Waals surface area contributed by atoms with Gasteiger partial charge in [0.15, 0.2) is 0 Å². The number of sulfone groups is 1. The molecule has 0 radical (unpaired) electrons. The highest BCUT2D eigenvalue weighted by Gasteiger charge is 2.29. The van der Waals surface area contributed by atoms with E-state index in [1.165, 1.54) is 0 Å². The van der Waals surface area contributed by atoms with Gasteiger partial charge in [-0.2, -0.15) is 0 Å². The first-order valence-corrected chi connectivity index (χ1v) is 10.4. The van der Waals surface area contributed by atoms with Crippen LogP contribution in [-0.2, 0) is 9.84 Å². The number of benzene rings is 1. The molecule has 1 aliphatic rings. The van der Waals surface area contributed by atoms with Gasteiger partial charge in [-0.05, 0) is 12.8 Å². The zero-order valence-electron chi connectivity index (χ0n) is 13.9. The number of aromatic nitrogens is 2. The van der Waals surface area contributed by atoms with Crippen molar-refractivity contribution in [3.8, 4) is 11.1 Å². The van der Waals surface area contributed by atoms with Crippen molar-refractivity contribution in [2.45, 2.75) is 43.2 Å². The Balaban J connectivity index is 2.31. The molecular weight excluding hydrogens is 389 g/mol. The van der Waals surface area contributed by atoms with Gasteiger partial charge in [-0.15, -0.1) is 0 Å². The molecule has 4 nitrogen and oxygen atoms in total. The number of rotatable bonds is 3. The molecule has 1 aromatic heterocycles. The fraction of sp³-hybridized carbons (Fsp3) is 0.412. The van der Waals surface area contributed by atoms with Gasteiger partial charge in [-0.1, -0.05) is 30.9 Å². The van der Waals surface area contributed by atoms with E-state index in [-0.39, 0.29) is 22.3 Å². The molecule has 0 unspecified atom stereocenters. The molecule has 1 fully saturated rings. The van der Waals surface area contributed by atoms with Gasteiger partial charge in [-0.3, -0.25) is 0 Å². The molecule has 1 saturated carbocycles. The zero-order chi connectivity index (χ0) is 19.1. The smallest absolute Gasteiger partial charge is 0.222 e. The van der Waals surface area contributed by atoms with Crippen LogP contribution in [0.3, 0.4) is 0 Å². The highest BCUT2D eigenvalue weighted by atomic mass is 35.5. The van der Waals surface area contributed by atoms with Gasteiger partial charge in [0.1, 0.15) is 22.6 Å². The lowest BCUT2D eigenvalue weighted by molar-refractivity contribution is 0.434. The van der Waals surface area contributed by atoms with Gasteiger partial charge >= 0.3 is 0 Å². The van der Waals surface area contributed by atoms with E-state index in [1.54, 1.807) is 0 Å². The zero-order valence-corrected chi connectivity index (χ0v) is 15.5. The largest absolute Gasteiger partial charge is 0.248 e. The number of hydrogen-bond acceptors (Lipinski definition) is 4. The third-order valence-corrected chi connectivity index (χ3v) is 5.57. The lowest BCUT2D eigenvalue weighted by Crippen LogP contribution is -2.14. The standard InChI is InChI=1S/C17H16ClF3N2O2S/c1-26(24,25)17-22-15(9-5-3-2-4-6-9)14(16(18)23-17)13-11(20)7-10(19)8-12(13)21/h7-9H,2-6H2,1H3. The van der Waals surface area contributed by atoms with E-state index in [9.17, 15) is 21.6 Å². The summed E-state index contributed by atoms with van der Waals surface area (Å²) in [6, 6.07) is 1.09. The van der Waals surface area contributed by atoms with E-state index in [0.717, 1.165) is 25.5 Å². The Morgan fingerprint density at radius 1 is 1.00 bits per heavy atom. The molecule has 0 aliphatic heterocycles. The third kappa shape index (κ3) is 3.71. The minimum Gasteiger partial charge on any atom is -0.222 e. The Labute approximate surface area is 154 Å². The highest BCUT2D eigenvalue weighted by molar-refractivity contribution is 7.90. The van der Waals surface area contributed by atoms with Gasteiger partial charge in [0, 0.05) is 29.9 Å². The minimum absolute atomic E-state index is 0.110. The Kier molecular flexibility index (Phi) is 5.25. The van der Waals surface area contributed by atoms with Crippen LogP contribution >= 0.6 is 11.6 Å². The SMILES string of the molecule is CS(=O)(=O)c1nc(Cl)c(-c2c(F)cc(F)cc2F)c(C2CCCCC2)n1. The van der Waals surface area contributed by atoms with Gasteiger partial charge in [0.05, 0.1) is 11.3 Å². The maximum atomic E-state index is 14.3. The van der Waals surface area contributed by atoms with E-state index < -0.39 is 38.0 Å². The molecule has 1 aromatic carbocycles. The van der Waals surface area contributed by atoms with Crippen molar-refractivity contribution in [2.24, 2.45) is 0 Å². The van der Waals surface area contributed by atoms with E-state index in [1.807, 2.05) is 0 Å². The molecule has 9 heteroatoms. The van der Waals surface area contributed by atoms with Crippen LogP contribution in [0.2, 0.25) is 5.15 Å². The second-order valence-electron chi connectivity index (χ2n) is 6.41. The molecule has 1 aliphatic carbocycles. The van der Waals surface area contributed by atoms with Crippen molar-refractivity contribution in [2.75, 3.05) is 6.26 Å². The first-order valence-electron chi connectivity index (χ1n) is 8.11. The van der Waals surface area contributed by atoms with Gasteiger partial charge < -0.3 is 0 Å². The van der Waals surface area contributed by atoms with Crippen LogP contribution in [-0.4, -0.2) is 24.6 Å². The Morgan fingerprint density at radius 2 is 1.58 bits per heavy atom. The maximum absolute atomic E-state index is 14.3. The van der Waals surface area contributed by atoms with Crippen molar-refractivity contribution in [3.05, 3.63) is 40.4 Å². The molecule has 2 aromatic rings. The molecule has 0 bridgehead atoms. The van der Waals surface area contributed by atoms with E-state index in [0.29, 0.717) is 25.0 Å². The van der Waals surface area contributed by atoms with Crippen molar-refractivity contribution in [1.29, 1.82) is 0 Å². The predicted molar refractivity (Wildman–Crippen MR) is 91.3 cm³/mol. The molecule has 0 amide bonds. The topological polar surface area (TPSA) is 59.9 Å². The maximum Gasteiger partial charge on any atom is 0.248 e. The summed E-state index contributed by atoms with van der Waals surface area (Å²) in [6.07, 6.45) is 5.09. The average molecular weight is 405 g/mol. The molecule has 0 saturated heterocycles. The predicted octanol–water partition coefficient (Wildman–Crippen LogP) is 4.67. The summed E-state index contributed by atoms with van der Waals surface area (Å²) in [5, 5.41) is -0.861. The van der Waals surface area contributed by atoms with Crippen LogP contribution in [0.5, 0.6) is 0 Å². The molecule has 1 heterocycles. The van der Waals surface area contributed by atoms with E-state index >= 15 is 0 Å². The van der Waals surface area contributed by atoms with Gasteiger partial charge in [0.2, 0.25) is 15.0 Å². The lowest BCUT2D eigenvalue weighted by Gasteiger charge is -2.24. The third-order valence-electron chi connectivity index (χ3n) is 4.45. The summed E-state index contributed by atoms with van der Waals surface area (Å²) in [6.45, 7) is 0. The number of hydrogen-bond donors (Lipinski definition) is 0. The first-order chi connectivity index (χ1) is 12.2. The number of nitrogens with zero attached hydrogens (tertiary/aromatic N) is 2. The molecule has 0 N–H and O–H groups in total. The van der Waals surface area contributed by atoms with Crippen molar-refractivity contribution >= 4 is 21.4 Å². The Bertz CT molecular complexity index is 938. The van der Waals surface area contributed by atoms with Gasteiger partial charge in [0.25, 0.3) is 0 Å². The van der Waals surface area contributed by atoms with Crippen molar-refractivity contribution < 1.29 is 21.6 Å². The fourth-order valence-corrected chi connectivity index (χ4v) is 4.12. The van der Waals surface area contributed by atoms with Crippen LogP contribution in [0.1, 0.15) is 43.7 Å². The Morgan fingerprint density at radius 3 is 2.12 bits per heavy atom. The molecule has 26 heavy (non-hydrogen) atoms. The summed E-state index contributed by atoms with van der Waals surface area (Å²) < 4.78 is 65.7. The summed E-state index contributed by atoms with van der Waals surface area (Å²) in [5.41, 5.74) is -0.465. The van der Waals surface area contributed by atoms with Crippen molar-refractivity contribution in [3.63, 3.8) is 0 Å². The first kappa shape index (κ1) is 19.1. The van der Waals surface area contributed by atoms with Crippen LogP contribution in [0.4, 0.5) is 13.2 Å². The second kappa shape index (κ2) is 7.15. The Hall–Kier alpha value is -1.67. The molecule has 0 atom stereocenters.